The maximum Gasteiger partial charge on any atom is 0.223 e. The number of H-pyrrole nitrogens is 1. The lowest BCUT2D eigenvalue weighted by atomic mass is 9.87. The summed E-state index contributed by atoms with van der Waals surface area (Å²) in [5, 5.41) is 1.33. The Bertz CT molecular complexity index is 1210. The van der Waals surface area contributed by atoms with Crippen molar-refractivity contribution in [3.63, 3.8) is 0 Å². The van der Waals surface area contributed by atoms with E-state index in [0.717, 1.165) is 57.1 Å². The minimum atomic E-state index is 0.288. The van der Waals surface area contributed by atoms with E-state index in [4.69, 9.17) is 4.74 Å². The molecule has 6 heteroatoms. The first-order valence-electron chi connectivity index (χ1n) is 13.5. The van der Waals surface area contributed by atoms with Crippen molar-refractivity contribution in [2.75, 3.05) is 39.9 Å². The van der Waals surface area contributed by atoms with Crippen LogP contribution in [0, 0.1) is 13.8 Å². The van der Waals surface area contributed by atoms with Crippen LogP contribution in [0.4, 0.5) is 0 Å². The van der Waals surface area contributed by atoms with Gasteiger partial charge in [-0.15, -0.1) is 0 Å². The predicted octanol–water partition coefficient (Wildman–Crippen LogP) is 5.40. The Morgan fingerprint density at radius 3 is 2.44 bits per heavy atom. The van der Waals surface area contributed by atoms with Crippen molar-refractivity contribution in [1.82, 2.24) is 19.8 Å². The van der Waals surface area contributed by atoms with Gasteiger partial charge in [-0.25, -0.2) is 0 Å². The number of hydrogen-bond acceptors (Lipinski definition) is 4. The van der Waals surface area contributed by atoms with Crippen molar-refractivity contribution in [3.05, 3.63) is 52.8 Å². The number of likely N-dealkylation sites (tertiary alicyclic amines) is 1. The van der Waals surface area contributed by atoms with Crippen molar-refractivity contribution in [2.45, 2.75) is 64.8 Å². The fraction of sp³-hybridized carbons (Fsp3) is 0.533. The van der Waals surface area contributed by atoms with E-state index in [2.05, 4.69) is 84.8 Å². The Kier molecular flexibility index (Phi) is 7.18. The SMILES string of the molecule is Cc1cc(-c2[nH]c3ccc(C4CCN(C(=O)CCN(C)C5COC5)CC4)cc3c2C(C)C)cc(C)n1. The summed E-state index contributed by atoms with van der Waals surface area (Å²) in [5.74, 6) is 1.19. The van der Waals surface area contributed by atoms with Crippen LogP contribution in [-0.4, -0.2) is 71.6 Å². The Morgan fingerprint density at radius 1 is 1.14 bits per heavy atom. The van der Waals surface area contributed by atoms with Crippen LogP contribution in [0.1, 0.15) is 67.5 Å². The molecule has 5 rings (SSSR count). The lowest BCUT2D eigenvalue weighted by Crippen LogP contribution is -2.48. The first-order valence-corrected chi connectivity index (χ1v) is 13.5. The molecule has 0 spiro atoms. The fourth-order valence-electron chi connectivity index (χ4n) is 5.84. The zero-order valence-corrected chi connectivity index (χ0v) is 22.4. The summed E-state index contributed by atoms with van der Waals surface area (Å²) >= 11 is 0. The molecule has 192 valence electrons. The molecule has 2 saturated heterocycles. The zero-order chi connectivity index (χ0) is 25.4. The number of piperidine rings is 1. The van der Waals surface area contributed by atoms with Crippen LogP contribution in [0.5, 0.6) is 0 Å². The molecule has 2 aliphatic heterocycles. The lowest BCUT2D eigenvalue weighted by Gasteiger charge is -2.36. The van der Waals surface area contributed by atoms with Crippen LogP contribution >= 0.6 is 0 Å². The van der Waals surface area contributed by atoms with Crippen molar-refractivity contribution < 1.29 is 9.53 Å². The molecule has 1 amide bonds. The summed E-state index contributed by atoms with van der Waals surface area (Å²) < 4.78 is 5.27. The highest BCUT2D eigenvalue weighted by Gasteiger charge is 2.27. The number of likely N-dealkylation sites (N-methyl/N-ethyl adjacent to an activating group) is 1. The minimum absolute atomic E-state index is 0.288. The highest BCUT2D eigenvalue weighted by molar-refractivity contribution is 5.92. The minimum Gasteiger partial charge on any atom is -0.378 e. The van der Waals surface area contributed by atoms with Gasteiger partial charge in [0.2, 0.25) is 5.91 Å². The second-order valence-corrected chi connectivity index (χ2v) is 11.1. The number of carbonyl (C=O) groups excluding carboxylic acids is 1. The van der Waals surface area contributed by atoms with Gasteiger partial charge < -0.3 is 14.6 Å². The van der Waals surface area contributed by atoms with Crippen molar-refractivity contribution >= 4 is 16.8 Å². The van der Waals surface area contributed by atoms with Gasteiger partial charge in [0.15, 0.2) is 0 Å². The first-order chi connectivity index (χ1) is 17.3. The molecule has 2 aromatic heterocycles. The predicted molar refractivity (Wildman–Crippen MR) is 146 cm³/mol. The number of nitrogens with one attached hydrogen (secondary N) is 1. The summed E-state index contributed by atoms with van der Waals surface area (Å²) in [6.45, 7) is 12.8. The van der Waals surface area contributed by atoms with E-state index in [9.17, 15) is 4.79 Å². The lowest BCUT2D eigenvalue weighted by molar-refractivity contribution is -0.133. The van der Waals surface area contributed by atoms with E-state index in [1.807, 2.05) is 0 Å². The summed E-state index contributed by atoms with van der Waals surface area (Å²) in [7, 11) is 2.09. The molecule has 0 saturated carbocycles. The molecule has 1 aromatic carbocycles. The van der Waals surface area contributed by atoms with E-state index in [1.54, 1.807) is 0 Å². The molecule has 6 nitrogen and oxygen atoms in total. The quantitative estimate of drug-likeness (QED) is 0.484. The van der Waals surface area contributed by atoms with E-state index in [1.165, 1.54) is 33.3 Å². The number of pyridine rings is 1. The van der Waals surface area contributed by atoms with Gasteiger partial charge in [0.1, 0.15) is 0 Å². The molecule has 0 unspecified atom stereocenters. The molecular formula is C30H40N4O2. The van der Waals surface area contributed by atoms with Gasteiger partial charge in [-0.05, 0) is 81.0 Å². The third-order valence-corrected chi connectivity index (χ3v) is 8.05. The molecule has 36 heavy (non-hydrogen) atoms. The molecular weight excluding hydrogens is 448 g/mol. The van der Waals surface area contributed by atoms with Gasteiger partial charge in [-0.3, -0.25) is 14.7 Å². The molecule has 4 heterocycles. The van der Waals surface area contributed by atoms with E-state index in [0.29, 0.717) is 24.3 Å². The fourth-order valence-corrected chi connectivity index (χ4v) is 5.84. The number of aromatic amines is 1. The zero-order valence-electron chi connectivity index (χ0n) is 22.4. The third-order valence-electron chi connectivity index (χ3n) is 8.05. The van der Waals surface area contributed by atoms with Crippen molar-refractivity contribution in [2.24, 2.45) is 0 Å². The van der Waals surface area contributed by atoms with E-state index < -0.39 is 0 Å². The molecule has 0 bridgehead atoms. The monoisotopic (exact) mass is 488 g/mol. The Balaban J connectivity index is 1.30. The van der Waals surface area contributed by atoms with Gasteiger partial charge >= 0.3 is 0 Å². The van der Waals surface area contributed by atoms with Crippen LogP contribution in [0.25, 0.3) is 22.2 Å². The molecule has 0 atom stereocenters. The highest BCUT2D eigenvalue weighted by atomic mass is 16.5. The maximum atomic E-state index is 12.8. The number of carbonyl (C=O) groups is 1. The third kappa shape index (κ3) is 5.07. The molecule has 1 N–H and O–H groups in total. The summed E-state index contributed by atoms with van der Waals surface area (Å²) in [6, 6.07) is 11.8. The van der Waals surface area contributed by atoms with Crippen molar-refractivity contribution in [1.29, 1.82) is 0 Å². The average molecular weight is 489 g/mol. The number of benzene rings is 1. The number of hydrogen-bond donors (Lipinski definition) is 1. The Hall–Kier alpha value is -2.70. The highest BCUT2D eigenvalue weighted by Crippen LogP contribution is 2.38. The van der Waals surface area contributed by atoms with Gasteiger partial charge in [-0.1, -0.05) is 19.9 Å². The number of ether oxygens (including phenoxy) is 1. The van der Waals surface area contributed by atoms with Crippen LogP contribution in [0.3, 0.4) is 0 Å². The second kappa shape index (κ2) is 10.3. The number of fused-ring (bicyclic) bond motifs is 1. The van der Waals surface area contributed by atoms with Crippen LogP contribution in [-0.2, 0) is 9.53 Å². The topological polar surface area (TPSA) is 61.5 Å². The molecule has 2 fully saturated rings. The molecule has 2 aliphatic rings. The maximum absolute atomic E-state index is 12.8. The van der Waals surface area contributed by atoms with Gasteiger partial charge in [0, 0.05) is 53.9 Å². The normalized spacial score (nSPS) is 17.4. The van der Waals surface area contributed by atoms with Crippen LogP contribution in [0.15, 0.2) is 30.3 Å². The number of aromatic nitrogens is 2. The second-order valence-electron chi connectivity index (χ2n) is 11.1. The van der Waals surface area contributed by atoms with Gasteiger partial charge in [-0.2, -0.15) is 0 Å². The first kappa shape index (κ1) is 25.0. The van der Waals surface area contributed by atoms with Crippen LogP contribution in [0.2, 0.25) is 0 Å². The van der Waals surface area contributed by atoms with Crippen molar-refractivity contribution in [3.8, 4) is 11.3 Å². The summed E-state index contributed by atoms with van der Waals surface area (Å²) in [6.07, 6.45) is 2.66. The average Bonchev–Trinajstić information content (AvgIpc) is 3.20. The van der Waals surface area contributed by atoms with Crippen LogP contribution < -0.4 is 0 Å². The molecule has 3 aromatic rings. The Morgan fingerprint density at radius 2 is 1.83 bits per heavy atom. The van der Waals surface area contributed by atoms with Gasteiger partial charge in [0.05, 0.1) is 24.9 Å². The summed E-state index contributed by atoms with van der Waals surface area (Å²) in [4.78, 5) is 25.4. The molecule has 0 radical (unpaired) electrons. The van der Waals surface area contributed by atoms with E-state index in [-0.39, 0.29) is 5.91 Å². The van der Waals surface area contributed by atoms with E-state index >= 15 is 0 Å². The largest absolute Gasteiger partial charge is 0.378 e. The molecule has 0 aliphatic carbocycles. The standard InChI is InChI=1S/C30H40N4O2/c1-19(2)29-26-16-23(6-7-27(26)32-30(29)24-14-20(3)31-21(4)15-24)22-8-12-34(13-9-22)28(35)10-11-33(5)25-17-36-18-25/h6-7,14-16,19,22,25,32H,8-13,17-18H2,1-5H3. The Labute approximate surface area is 215 Å². The number of rotatable bonds is 7. The summed E-state index contributed by atoms with van der Waals surface area (Å²) in [5.41, 5.74) is 8.49. The number of aryl methyl sites for hydroxylation is 2. The smallest absolute Gasteiger partial charge is 0.223 e. The van der Waals surface area contributed by atoms with Gasteiger partial charge in [0.25, 0.3) is 0 Å². The number of amides is 1. The number of nitrogens with zero attached hydrogens (tertiary/aromatic N) is 3.